The fourth-order valence-corrected chi connectivity index (χ4v) is 1.37. The van der Waals surface area contributed by atoms with Crippen LogP contribution in [0.25, 0.3) is 0 Å². The van der Waals surface area contributed by atoms with E-state index in [0.717, 1.165) is 10.0 Å². The number of benzene rings is 1. The predicted molar refractivity (Wildman–Crippen MR) is 56.0 cm³/mol. The van der Waals surface area contributed by atoms with E-state index in [0.29, 0.717) is 6.54 Å². The van der Waals surface area contributed by atoms with Crippen molar-refractivity contribution in [2.45, 2.75) is 19.5 Å². The molecule has 0 amide bonds. The first-order valence-electron chi connectivity index (χ1n) is 4.20. The molecule has 0 spiro atoms. The summed E-state index contributed by atoms with van der Waals surface area (Å²) in [5, 5.41) is 11.5. The third kappa shape index (κ3) is 3.09. The van der Waals surface area contributed by atoms with E-state index in [9.17, 15) is 4.39 Å². The molecule has 0 aliphatic rings. The van der Waals surface area contributed by atoms with Gasteiger partial charge in [0.05, 0.1) is 12.1 Å². The highest BCUT2D eigenvalue weighted by Gasteiger charge is 2.03. The summed E-state index contributed by atoms with van der Waals surface area (Å²) in [6, 6.07) is 6.31. The molecule has 1 aromatic rings. The highest BCUT2D eigenvalue weighted by atomic mass is 79.9. The number of hydrogen-bond donors (Lipinski definition) is 1. The summed E-state index contributed by atoms with van der Waals surface area (Å²) in [5.41, 5.74) is 0.812. The maximum absolute atomic E-state index is 12.8. The molecule has 14 heavy (non-hydrogen) atoms. The van der Waals surface area contributed by atoms with E-state index >= 15 is 0 Å². The molecule has 0 saturated heterocycles. The summed E-state index contributed by atoms with van der Waals surface area (Å²) in [6.45, 7) is 2.24. The second kappa shape index (κ2) is 5.08. The highest BCUT2D eigenvalue weighted by Crippen LogP contribution is 2.17. The zero-order valence-electron chi connectivity index (χ0n) is 7.72. The molecule has 0 saturated carbocycles. The summed E-state index contributed by atoms with van der Waals surface area (Å²) < 4.78 is 13.7. The molecule has 4 heteroatoms. The molecule has 74 valence electrons. The number of nitrogens with zero attached hydrogens (tertiary/aromatic N) is 1. The van der Waals surface area contributed by atoms with E-state index in [2.05, 4.69) is 21.2 Å². The first-order valence-corrected chi connectivity index (χ1v) is 4.99. The largest absolute Gasteiger partial charge is 0.298 e. The minimum absolute atomic E-state index is 0.231. The van der Waals surface area contributed by atoms with Gasteiger partial charge in [0, 0.05) is 11.0 Å². The maximum Gasteiger partial charge on any atom is 0.123 e. The molecular formula is C10H10BrFN2. The van der Waals surface area contributed by atoms with E-state index in [4.69, 9.17) is 5.26 Å². The van der Waals surface area contributed by atoms with Gasteiger partial charge in [-0.25, -0.2) is 4.39 Å². The van der Waals surface area contributed by atoms with E-state index < -0.39 is 0 Å². The Bertz CT molecular complexity index is 360. The van der Waals surface area contributed by atoms with Crippen LogP contribution in [0.15, 0.2) is 22.7 Å². The van der Waals surface area contributed by atoms with Gasteiger partial charge in [-0.3, -0.25) is 5.32 Å². The summed E-state index contributed by atoms with van der Waals surface area (Å²) in [4.78, 5) is 0. The van der Waals surface area contributed by atoms with Gasteiger partial charge in [-0.1, -0.05) is 15.9 Å². The number of rotatable bonds is 3. The van der Waals surface area contributed by atoms with E-state index in [1.165, 1.54) is 12.1 Å². The van der Waals surface area contributed by atoms with Crippen LogP contribution >= 0.6 is 15.9 Å². The van der Waals surface area contributed by atoms with Crippen LogP contribution in [-0.2, 0) is 6.54 Å². The summed E-state index contributed by atoms with van der Waals surface area (Å²) in [6.07, 6.45) is 0. The van der Waals surface area contributed by atoms with Crippen LogP contribution in [0.1, 0.15) is 12.5 Å². The van der Waals surface area contributed by atoms with Crippen LogP contribution in [0.5, 0.6) is 0 Å². The zero-order valence-corrected chi connectivity index (χ0v) is 9.31. The average Bonchev–Trinajstić information content (AvgIpc) is 2.19. The lowest BCUT2D eigenvalue weighted by molar-refractivity contribution is 0.611. The Morgan fingerprint density at radius 2 is 2.36 bits per heavy atom. The molecule has 0 fully saturated rings. The maximum atomic E-state index is 12.8. The molecule has 0 aliphatic heterocycles. The third-order valence-electron chi connectivity index (χ3n) is 1.80. The van der Waals surface area contributed by atoms with Crippen LogP contribution in [0.2, 0.25) is 0 Å². The van der Waals surface area contributed by atoms with Crippen molar-refractivity contribution < 1.29 is 4.39 Å². The van der Waals surface area contributed by atoms with Crippen molar-refractivity contribution in [3.8, 4) is 6.07 Å². The van der Waals surface area contributed by atoms with E-state index in [1.807, 2.05) is 6.07 Å². The fraction of sp³-hybridized carbons (Fsp3) is 0.300. The molecule has 1 unspecified atom stereocenters. The fourth-order valence-electron chi connectivity index (χ4n) is 0.987. The van der Waals surface area contributed by atoms with Crippen molar-refractivity contribution >= 4 is 15.9 Å². The smallest absolute Gasteiger partial charge is 0.123 e. The molecule has 0 aliphatic carbocycles. The highest BCUT2D eigenvalue weighted by molar-refractivity contribution is 9.10. The summed E-state index contributed by atoms with van der Waals surface area (Å²) in [5.74, 6) is -0.269. The lowest BCUT2D eigenvalue weighted by Crippen LogP contribution is -2.23. The Hall–Kier alpha value is -0.920. The Labute approximate surface area is 90.9 Å². The molecule has 0 bridgehead atoms. The van der Waals surface area contributed by atoms with Gasteiger partial charge in [0.15, 0.2) is 0 Å². The predicted octanol–water partition coefficient (Wildman–Crippen LogP) is 2.59. The Morgan fingerprint density at radius 1 is 1.64 bits per heavy atom. The molecule has 1 N–H and O–H groups in total. The average molecular weight is 257 g/mol. The first kappa shape index (κ1) is 11.2. The summed E-state index contributed by atoms with van der Waals surface area (Å²) in [7, 11) is 0. The lowest BCUT2D eigenvalue weighted by atomic mass is 10.2. The first-order chi connectivity index (χ1) is 6.63. The number of halogens is 2. The third-order valence-corrected chi connectivity index (χ3v) is 2.57. The van der Waals surface area contributed by atoms with Gasteiger partial charge in [-0.05, 0) is 30.7 Å². The molecule has 0 heterocycles. The van der Waals surface area contributed by atoms with Crippen molar-refractivity contribution in [3.05, 3.63) is 34.1 Å². The van der Waals surface area contributed by atoms with Crippen molar-refractivity contribution in [2.75, 3.05) is 0 Å². The van der Waals surface area contributed by atoms with Crippen molar-refractivity contribution in [2.24, 2.45) is 0 Å². The van der Waals surface area contributed by atoms with Crippen LogP contribution in [0.4, 0.5) is 4.39 Å². The molecule has 2 nitrogen and oxygen atoms in total. The molecular weight excluding hydrogens is 247 g/mol. The SMILES string of the molecule is CC(C#N)NCc1cc(F)ccc1Br. The van der Waals surface area contributed by atoms with Crippen molar-refractivity contribution in [1.29, 1.82) is 5.26 Å². The van der Waals surface area contributed by atoms with Crippen LogP contribution in [0.3, 0.4) is 0 Å². The van der Waals surface area contributed by atoms with E-state index in [1.54, 1.807) is 13.0 Å². The number of nitriles is 1. The molecule has 1 atom stereocenters. The van der Waals surface area contributed by atoms with Gasteiger partial charge >= 0.3 is 0 Å². The quantitative estimate of drug-likeness (QED) is 0.903. The van der Waals surface area contributed by atoms with Gasteiger partial charge in [0.2, 0.25) is 0 Å². The topological polar surface area (TPSA) is 35.8 Å². The van der Waals surface area contributed by atoms with Crippen LogP contribution in [-0.4, -0.2) is 6.04 Å². The monoisotopic (exact) mass is 256 g/mol. The van der Waals surface area contributed by atoms with Crippen molar-refractivity contribution in [1.82, 2.24) is 5.32 Å². The normalized spacial score (nSPS) is 12.1. The van der Waals surface area contributed by atoms with Crippen molar-refractivity contribution in [3.63, 3.8) is 0 Å². The summed E-state index contributed by atoms with van der Waals surface area (Å²) >= 11 is 3.31. The van der Waals surface area contributed by atoms with E-state index in [-0.39, 0.29) is 11.9 Å². The van der Waals surface area contributed by atoms with Crippen LogP contribution in [0, 0.1) is 17.1 Å². The zero-order chi connectivity index (χ0) is 10.6. The van der Waals surface area contributed by atoms with Gasteiger partial charge in [0.25, 0.3) is 0 Å². The van der Waals surface area contributed by atoms with Crippen LogP contribution < -0.4 is 5.32 Å². The molecule has 0 aromatic heterocycles. The van der Waals surface area contributed by atoms with Gasteiger partial charge in [-0.15, -0.1) is 0 Å². The Morgan fingerprint density at radius 3 is 3.00 bits per heavy atom. The van der Waals surface area contributed by atoms with Gasteiger partial charge < -0.3 is 0 Å². The van der Waals surface area contributed by atoms with Gasteiger partial charge in [0.1, 0.15) is 5.82 Å². The molecule has 1 rings (SSSR count). The minimum Gasteiger partial charge on any atom is -0.298 e. The number of hydrogen-bond acceptors (Lipinski definition) is 2. The lowest BCUT2D eigenvalue weighted by Gasteiger charge is -2.07. The number of nitrogens with one attached hydrogen (secondary N) is 1. The standard InChI is InChI=1S/C10H10BrFN2/c1-7(5-13)14-6-8-4-9(12)2-3-10(8)11/h2-4,7,14H,6H2,1H3. The van der Waals surface area contributed by atoms with Gasteiger partial charge in [-0.2, -0.15) is 5.26 Å². The Kier molecular flexibility index (Phi) is 4.05. The Balaban J connectivity index is 2.67. The second-order valence-corrected chi connectivity index (χ2v) is 3.82. The molecule has 0 radical (unpaired) electrons. The minimum atomic E-state index is -0.269. The second-order valence-electron chi connectivity index (χ2n) is 2.97. The molecule has 1 aromatic carbocycles.